The Morgan fingerprint density at radius 1 is 1.04 bits per heavy atom. The van der Waals surface area contributed by atoms with Crippen molar-refractivity contribution in [1.82, 2.24) is 0 Å². The molecule has 2 aromatic rings. The molecule has 1 aliphatic heterocycles. The second-order valence-corrected chi connectivity index (χ2v) is 6.45. The average molecular weight is 395 g/mol. The number of esters is 1. The normalized spacial score (nSPS) is 27.8. The van der Waals surface area contributed by atoms with Crippen molar-refractivity contribution in [3.8, 4) is 5.75 Å². The van der Waals surface area contributed by atoms with Gasteiger partial charge in [0, 0.05) is 5.02 Å². The number of aliphatic hydroxyl groups is 3. The van der Waals surface area contributed by atoms with Crippen LogP contribution < -0.4 is 4.74 Å². The third-order valence-corrected chi connectivity index (χ3v) is 4.39. The lowest BCUT2D eigenvalue weighted by Crippen LogP contribution is -2.61. The van der Waals surface area contributed by atoms with E-state index in [0.717, 1.165) is 0 Å². The third kappa shape index (κ3) is 4.58. The van der Waals surface area contributed by atoms with Gasteiger partial charge in [0.15, 0.2) is 12.2 Å². The van der Waals surface area contributed by atoms with E-state index in [-0.39, 0.29) is 5.56 Å². The zero-order chi connectivity index (χ0) is 19.4. The fourth-order valence-corrected chi connectivity index (χ4v) is 2.83. The molecule has 0 amide bonds. The van der Waals surface area contributed by atoms with E-state index in [0.29, 0.717) is 10.8 Å². The Morgan fingerprint density at radius 2 is 1.70 bits per heavy atom. The summed E-state index contributed by atoms with van der Waals surface area (Å²) in [5, 5.41) is 30.8. The van der Waals surface area contributed by atoms with E-state index in [1.807, 2.05) is 0 Å². The summed E-state index contributed by atoms with van der Waals surface area (Å²) in [5.41, 5.74) is 0.200. The summed E-state index contributed by atoms with van der Waals surface area (Å²) in [5.74, 6) is -0.343. The summed E-state index contributed by atoms with van der Waals surface area (Å²) in [6.45, 7) is -0.544. The van der Waals surface area contributed by atoms with Gasteiger partial charge in [-0.15, -0.1) is 0 Å². The van der Waals surface area contributed by atoms with E-state index < -0.39 is 43.3 Å². The van der Waals surface area contributed by atoms with Gasteiger partial charge < -0.3 is 29.5 Å². The number of halogens is 1. The van der Waals surface area contributed by atoms with Gasteiger partial charge in [0.05, 0.1) is 12.2 Å². The molecular formula is C19H19ClO7. The number of rotatable bonds is 5. The first-order valence-electron chi connectivity index (χ1n) is 8.30. The second-order valence-electron chi connectivity index (χ2n) is 6.01. The molecule has 0 unspecified atom stereocenters. The predicted molar refractivity (Wildman–Crippen MR) is 95.5 cm³/mol. The zero-order valence-corrected chi connectivity index (χ0v) is 14.9. The van der Waals surface area contributed by atoms with Crippen LogP contribution in [0.1, 0.15) is 10.4 Å². The minimum Gasteiger partial charge on any atom is -0.462 e. The highest BCUT2D eigenvalue weighted by molar-refractivity contribution is 6.30. The van der Waals surface area contributed by atoms with Gasteiger partial charge in [-0.05, 0) is 36.4 Å². The van der Waals surface area contributed by atoms with Gasteiger partial charge in [-0.1, -0.05) is 29.8 Å². The molecule has 0 saturated carbocycles. The molecule has 7 nitrogen and oxygen atoms in total. The number of benzene rings is 2. The molecule has 3 rings (SSSR count). The summed E-state index contributed by atoms with van der Waals surface area (Å²) in [6.07, 6.45) is -6.59. The Hall–Kier alpha value is -2.16. The molecule has 2 aromatic carbocycles. The minimum absolute atomic E-state index is 0.200. The van der Waals surface area contributed by atoms with Gasteiger partial charge in [0.1, 0.15) is 18.0 Å². The first-order chi connectivity index (χ1) is 13.0. The molecule has 8 heteroatoms. The third-order valence-electron chi connectivity index (χ3n) is 4.14. The van der Waals surface area contributed by atoms with Gasteiger partial charge >= 0.3 is 5.97 Å². The van der Waals surface area contributed by atoms with Crippen molar-refractivity contribution in [3.05, 3.63) is 65.2 Å². The molecule has 27 heavy (non-hydrogen) atoms. The van der Waals surface area contributed by atoms with Gasteiger partial charge in [0.2, 0.25) is 6.29 Å². The molecule has 1 fully saturated rings. The molecule has 3 N–H and O–H groups in total. The van der Waals surface area contributed by atoms with E-state index in [9.17, 15) is 20.1 Å². The predicted octanol–water partition coefficient (Wildman–Crippen LogP) is 1.38. The van der Waals surface area contributed by atoms with E-state index in [1.54, 1.807) is 30.3 Å². The topological polar surface area (TPSA) is 105 Å². The van der Waals surface area contributed by atoms with E-state index >= 15 is 0 Å². The largest absolute Gasteiger partial charge is 0.462 e. The molecular weight excluding hydrogens is 376 g/mol. The van der Waals surface area contributed by atoms with Gasteiger partial charge in [-0.3, -0.25) is 0 Å². The molecule has 0 bridgehead atoms. The smallest absolute Gasteiger partial charge is 0.338 e. The standard InChI is InChI=1S/C19H19ClO7/c20-12-8-6-11(7-9-12)18(24)27-17-15(22)14(10-21)26-19(16(17)23)25-13-4-2-1-3-5-13/h1-9,14-17,19,21-23H,10H2/t14-,15-,16-,17+,19-/m1/s1. The van der Waals surface area contributed by atoms with Crippen LogP contribution in [0.4, 0.5) is 0 Å². The lowest BCUT2D eigenvalue weighted by Gasteiger charge is -2.41. The van der Waals surface area contributed by atoms with Crippen molar-refractivity contribution in [2.45, 2.75) is 30.7 Å². The van der Waals surface area contributed by atoms with E-state index in [1.165, 1.54) is 24.3 Å². The van der Waals surface area contributed by atoms with Crippen molar-refractivity contribution >= 4 is 17.6 Å². The number of para-hydroxylation sites is 1. The second kappa shape index (κ2) is 8.69. The van der Waals surface area contributed by atoms with Crippen molar-refractivity contribution in [2.24, 2.45) is 0 Å². The lowest BCUT2D eigenvalue weighted by molar-refractivity contribution is -0.276. The first-order valence-corrected chi connectivity index (χ1v) is 8.68. The van der Waals surface area contributed by atoms with Crippen LogP contribution in [-0.4, -0.2) is 58.6 Å². The zero-order valence-electron chi connectivity index (χ0n) is 14.1. The van der Waals surface area contributed by atoms with Crippen LogP contribution in [0.3, 0.4) is 0 Å². The van der Waals surface area contributed by atoms with Crippen LogP contribution >= 0.6 is 11.6 Å². The van der Waals surface area contributed by atoms with Crippen molar-refractivity contribution < 1.29 is 34.3 Å². The van der Waals surface area contributed by atoms with E-state index in [4.69, 9.17) is 25.8 Å². The molecule has 1 aliphatic rings. The maximum Gasteiger partial charge on any atom is 0.338 e. The number of carbonyl (C=O) groups is 1. The molecule has 144 valence electrons. The quantitative estimate of drug-likeness (QED) is 0.658. The molecule has 0 aliphatic carbocycles. The van der Waals surface area contributed by atoms with Crippen LogP contribution in [0, 0.1) is 0 Å². The van der Waals surface area contributed by atoms with Crippen LogP contribution in [0.15, 0.2) is 54.6 Å². The maximum absolute atomic E-state index is 12.3. The minimum atomic E-state index is -1.47. The highest BCUT2D eigenvalue weighted by atomic mass is 35.5. The van der Waals surface area contributed by atoms with Crippen molar-refractivity contribution in [2.75, 3.05) is 6.61 Å². The Morgan fingerprint density at radius 3 is 2.33 bits per heavy atom. The fraction of sp³-hybridized carbons (Fsp3) is 0.316. The summed E-state index contributed by atoms with van der Waals surface area (Å²) in [7, 11) is 0. The van der Waals surface area contributed by atoms with Crippen LogP contribution in [-0.2, 0) is 9.47 Å². The van der Waals surface area contributed by atoms with Crippen LogP contribution in [0.2, 0.25) is 5.02 Å². The SMILES string of the molecule is O=C(O[C@@H]1[C@@H](O)[C@H](Oc2ccccc2)O[C@H](CO)[C@H]1O)c1ccc(Cl)cc1. The average Bonchev–Trinajstić information content (AvgIpc) is 2.68. The molecule has 0 spiro atoms. The Balaban J connectivity index is 1.76. The molecule has 5 atom stereocenters. The van der Waals surface area contributed by atoms with E-state index in [2.05, 4.69) is 0 Å². The number of hydrogen-bond acceptors (Lipinski definition) is 7. The summed E-state index contributed by atoms with van der Waals surface area (Å²) in [6, 6.07) is 14.5. The summed E-state index contributed by atoms with van der Waals surface area (Å²) < 4.78 is 16.3. The van der Waals surface area contributed by atoms with Crippen molar-refractivity contribution in [3.63, 3.8) is 0 Å². The Labute approximate surface area is 160 Å². The maximum atomic E-state index is 12.3. The summed E-state index contributed by atoms with van der Waals surface area (Å²) in [4.78, 5) is 12.3. The van der Waals surface area contributed by atoms with Gasteiger partial charge in [-0.25, -0.2) is 4.79 Å². The highest BCUT2D eigenvalue weighted by Crippen LogP contribution is 2.27. The highest BCUT2D eigenvalue weighted by Gasteiger charge is 2.48. The summed E-state index contributed by atoms with van der Waals surface area (Å²) >= 11 is 5.80. The molecule has 1 saturated heterocycles. The molecule has 0 aromatic heterocycles. The number of ether oxygens (including phenoxy) is 3. The molecule has 1 heterocycles. The van der Waals surface area contributed by atoms with Gasteiger partial charge in [0.25, 0.3) is 0 Å². The van der Waals surface area contributed by atoms with Crippen molar-refractivity contribution in [1.29, 1.82) is 0 Å². The van der Waals surface area contributed by atoms with Gasteiger partial charge in [-0.2, -0.15) is 0 Å². The number of carbonyl (C=O) groups excluding carboxylic acids is 1. The number of aliphatic hydroxyl groups excluding tert-OH is 3. The fourth-order valence-electron chi connectivity index (χ4n) is 2.70. The first kappa shape index (κ1) is 19.6. The lowest BCUT2D eigenvalue weighted by atomic mass is 9.99. The number of hydrogen-bond donors (Lipinski definition) is 3. The van der Waals surface area contributed by atoms with Crippen LogP contribution in [0.25, 0.3) is 0 Å². The monoisotopic (exact) mass is 394 g/mol. The Kier molecular flexibility index (Phi) is 6.30. The van der Waals surface area contributed by atoms with Crippen LogP contribution in [0.5, 0.6) is 5.75 Å². The molecule has 0 radical (unpaired) electrons. The Bertz CT molecular complexity index is 752.